The van der Waals surface area contributed by atoms with Gasteiger partial charge < -0.3 is 10.0 Å². The van der Waals surface area contributed by atoms with Gasteiger partial charge in [-0.2, -0.15) is 17.5 Å². The summed E-state index contributed by atoms with van der Waals surface area (Å²) in [6, 6.07) is -0.558. The van der Waals surface area contributed by atoms with E-state index in [4.69, 9.17) is 0 Å². The van der Waals surface area contributed by atoms with Crippen molar-refractivity contribution >= 4 is 21.6 Å². The number of hydrogen-bond acceptors (Lipinski definition) is 6. The largest absolute Gasteiger partial charge is 0.417 e. The summed E-state index contributed by atoms with van der Waals surface area (Å²) in [7, 11) is -3.89. The third-order valence-electron chi connectivity index (χ3n) is 8.04. The Labute approximate surface area is 189 Å². The average molecular weight is 494 g/mol. The number of rotatable bonds is 5. The fourth-order valence-corrected chi connectivity index (χ4v) is 8.06. The Morgan fingerprint density at radius 1 is 1.27 bits per heavy atom. The highest BCUT2D eigenvalue weighted by molar-refractivity contribution is 7.89. The number of carbonyl (C=O) groups excluding carboxylic acids is 1. The average Bonchev–Trinajstić information content (AvgIpc) is 3.06. The van der Waals surface area contributed by atoms with E-state index in [2.05, 4.69) is 4.98 Å². The minimum Gasteiger partial charge on any atom is -0.394 e. The van der Waals surface area contributed by atoms with E-state index in [1.54, 1.807) is 0 Å². The molecule has 3 aliphatic rings. The van der Waals surface area contributed by atoms with Gasteiger partial charge in [0, 0.05) is 37.7 Å². The van der Waals surface area contributed by atoms with E-state index in [0.717, 1.165) is 6.42 Å². The number of anilines is 1. The predicted molar refractivity (Wildman–Crippen MR) is 111 cm³/mol. The van der Waals surface area contributed by atoms with Gasteiger partial charge in [-0.05, 0) is 30.2 Å². The first-order valence-electron chi connectivity index (χ1n) is 10.8. The van der Waals surface area contributed by atoms with Gasteiger partial charge in [-0.3, -0.25) is 4.79 Å². The van der Waals surface area contributed by atoms with Crippen molar-refractivity contribution in [1.82, 2.24) is 9.29 Å². The van der Waals surface area contributed by atoms with E-state index in [0.29, 0.717) is 25.1 Å². The molecule has 2 saturated carbocycles. The summed E-state index contributed by atoms with van der Waals surface area (Å²) >= 11 is 0. The first kappa shape index (κ1) is 24.3. The number of hydrogen-bond donors (Lipinski definition) is 1. The molecule has 0 spiro atoms. The summed E-state index contributed by atoms with van der Waals surface area (Å²) in [5, 5.41) is 9.85. The van der Waals surface area contributed by atoms with Gasteiger partial charge in [-0.1, -0.05) is 13.8 Å². The van der Waals surface area contributed by atoms with Gasteiger partial charge in [0.1, 0.15) is 5.78 Å². The maximum absolute atomic E-state index is 14.5. The van der Waals surface area contributed by atoms with E-state index >= 15 is 0 Å². The van der Waals surface area contributed by atoms with Crippen LogP contribution in [0.15, 0.2) is 12.3 Å². The van der Waals surface area contributed by atoms with Crippen LogP contribution in [0.5, 0.6) is 0 Å². The van der Waals surface area contributed by atoms with Crippen LogP contribution in [0, 0.1) is 22.6 Å². The second kappa shape index (κ2) is 7.88. The number of ketones is 1. The number of aliphatic hydroxyl groups excluding tert-OH is 1. The minimum absolute atomic E-state index is 0.0271. The van der Waals surface area contributed by atoms with Crippen LogP contribution in [0.4, 0.5) is 23.4 Å². The van der Waals surface area contributed by atoms with Crippen molar-refractivity contribution in [3.8, 4) is 0 Å². The number of fused-ring (bicyclic) bond motifs is 2. The lowest BCUT2D eigenvalue weighted by atomic mass is 9.70. The molecule has 184 valence electrons. The van der Waals surface area contributed by atoms with Crippen molar-refractivity contribution in [2.45, 2.75) is 45.3 Å². The van der Waals surface area contributed by atoms with Crippen LogP contribution in [0.2, 0.25) is 0 Å². The number of nitrogens with zero attached hydrogens (tertiary/aromatic N) is 3. The Morgan fingerprint density at radius 2 is 1.97 bits per heavy atom. The summed E-state index contributed by atoms with van der Waals surface area (Å²) in [6.45, 7) is 3.03. The van der Waals surface area contributed by atoms with Crippen LogP contribution in [0.1, 0.15) is 38.7 Å². The van der Waals surface area contributed by atoms with E-state index in [9.17, 15) is 35.9 Å². The number of sulfonamides is 1. The van der Waals surface area contributed by atoms with E-state index in [1.165, 1.54) is 9.21 Å². The lowest BCUT2D eigenvalue weighted by Crippen LogP contribution is -2.58. The van der Waals surface area contributed by atoms with Crippen molar-refractivity contribution in [3.63, 3.8) is 0 Å². The monoisotopic (exact) mass is 493 g/mol. The summed E-state index contributed by atoms with van der Waals surface area (Å²) in [6.07, 6.45) is -2.53. The van der Waals surface area contributed by atoms with Crippen molar-refractivity contribution in [1.29, 1.82) is 0 Å². The number of piperazine rings is 1. The molecule has 33 heavy (non-hydrogen) atoms. The maximum Gasteiger partial charge on any atom is 0.417 e. The highest BCUT2D eigenvalue weighted by atomic mass is 32.2. The van der Waals surface area contributed by atoms with E-state index in [-0.39, 0.29) is 42.9 Å². The lowest BCUT2D eigenvalue weighted by molar-refractivity contribution is -0.138. The second-order valence-electron chi connectivity index (χ2n) is 9.84. The molecule has 0 aromatic carbocycles. The van der Waals surface area contributed by atoms with Gasteiger partial charge in [-0.25, -0.2) is 17.8 Å². The molecular formula is C21H27F4N3O4S. The van der Waals surface area contributed by atoms with Gasteiger partial charge in [0.2, 0.25) is 10.0 Å². The molecule has 1 aliphatic heterocycles. The molecule has 0 unspecified atom stereocenters. The fourth-order valence-electron chi connectivity index (χ4n) is 5.82. The molecule has 4 rings (SSSR count). The summed E-state index contributed by atoms with van der Waals surface area (Å²) in [5.41, 5.74) is -2.60. The standard InChI is InChI=1S/C21H27F4N3O4S/c1-19(2)13-3-4-20(19,17(30)8-13)12-33(31,32)27-5-6-28(15(10-27)11-29)18-16(22)7-14(9-26-18)21(23,24)25/h7,9,13,15,29H,3-6,8,10-12H2,1-2H3/t13-,15-,20+/m1/s1. The zero-order valence-electron chi connectivity index (χ0n) is 18.4. The number of aromatic nitrogens is 1. The molecule has 1 aromatic heterocycles. The first-order valence-corrected chi connectivity index (χ1v) is 12.5. The molecule has 1 N–H and O–H groups in total. The van der Waals surface area contributed by atoms with E-state index in [1.807, 2.05) is 13.8 Å². The third kappa shape index (κ3) is 3.83. The van der Waals surface area contributed by atoms with Gasteiger partial charge in [0.05, 0.1) is 24.0 Å². The zero-order chi connectivity index (χ0) is 24.4. The molecule has 7 nitrogen and oxygen atoms in total. The summed E-state index contributed by atoms with van der Waals surface area (Å²) in [4.78, 5) is 17.7. The first-order chi connectivity index (χ1) is 15.2. The molecule has 0 amide bonds. The lowest BCUT2D eigenvalue weighted by Gasteiger charge is -2.43. The quantitative estimate of drug-likeness (QED) is 0.634. The molecule has 3 atom stereocenters. The van der Waals surface area contributed by atoms with Crippen molar-refractivity contribution < 1.29 is 35.9 Å². The van der Waals surface area contributed by atoms with Crippen molar-refractivity contribution in [2.75, 3.05) is 36.9 Å². The topological polar surface area (TPSA) is 90.8 Å². The fraction of sp³-hybridized carbons (Fsp3) is 0.714. The minimum atomic E-state index is -4.75. The summed E-state index contributed by atoms with van der Waals surface area (Å²) < 4.78 is 80.8. The Morgan fingerprint density at radius 3 is 2.48 bits per heavy atom. The molecule has 2 bridgehead atoms. The maximum atomic E-state index is 14.5. The zero-order valence-corrected chi connectivity index (χ0v) is 19.2. The molecule has 2 heterocycles. The number of alkyl halides is 3. The molecular weight excluding hydrogens is 466 g/mol. The SMILES string of the molecule is CC1(C)[C@@H]2CC[C@]1(CS(=O)(=O)N1CCN(c3ncc(C(F)(F)F)cc3F)[C@@H](CO)C1)C(=O)C2. The Bertz CT molecular complexity index is 1060. The van der Waals surface area contributed by atoms with Crippen LogP contribution in [-0.4, -0.2) is 66.6 Å². The highest BCUT2D eigenvalue weighted by Gasteiger charge is 2.65. The Kier molecular flexibility index (Phi) is 5.81. The summed E-state index contributed by atoms with van der Waals surface area (Å²) in [5.74, 6) is -1.75. The number of pyridine rings is 1. The van der Waals surface area contributed by atoms with Gasteiger partial charge >= 0.3 is 6.18 Å². The van der Waals surface area contributed by atoms with Crippen LogP contribution in [0.25, 0.3) is 0 Å². The normalized spacial score (nSPS) is 30.3. The smallest absolute Gasteiger partial charge is 0.394 e. The Hall–Kier alpha value is -1.79. The molecule has 0 radical (unpaired) electrons. The van der Waals surface area contributed by atoms with E-state index < -0.39 is 51.1 Å². The molecule has 2 aliphatic carbocycles. The third-order valence-corrected chi connectivity index (χ3v) is 10.0. The van der Waals surface area contributed by atoms with Crippen LogP contribution in [-0.2, 0) is 21.0 Å². The van der Waals surface area contributed by atoms with Gasteiger partial charge in [-0.15, -0.1) is 0 Å². The van der Waals surface area contributed by atoms with Crippen molar-refractivity contribution in [3.05, 3.63) is 23.6 Å². The predicted octanol–water partition coefficient (Wildman–Crippen LogP) is 2.45. The number of halogens is 4. The van der Waals surface area contributed by atoms with Crippen LogP contribution >= 0.6 is 0 Å². The van der Waals surface area contributed by atoms with Crippen LogP contribution < -0.4 is 4.90 Å². The number of Topliss-reactive ketones (excluding diaryl/α,β-unsaturated/α-hetero) is 1. The Balaban J connectivity index is 1.54. The second-order valence-corrected chi connectivity index (χ2v) is 11.8. The molecule has 1 aromatic rings. The molecule has 3 fully saturated rings. The number of carbonyl (C=O) groups is 1. The molecule has 1 saturated heterocycles. The number of aliphatic hydroxyl groups is 1. The van der Waals surface area contributed by atoms with Gasteiger partial charge in [0.15, 0.2) is 11.6 Å². The van der Waals surface area contributed by atoms with Crippen LogP contribution in [0.3, 0.4) is 0 Å². The van der Waals surface area contributed by atoms with Crippen molar-refractivity contribution in [2.24, 2.45) is 16.7 Å². The van der Waals surface area contributed by atoms with Gasteiger partial charge in [0.25, 0.3) is 0 Å². The molecule has 12 heteroatoms. The highest BCUT2D eigenvalue weighted by Crippen LogP contribution is 2.64.